The fourth-order valence-corrected chi connectivity index (χ4v) is 5.48. The molecule has 1 aromatic carbocycles. The summed E-state index contributed by atoms with van der Waals surface area (Å²) in [7, 11) is 0. The van der Waals surface area contributed by atoms with Crippen LogP contribution in [0.25, 0.3) is 10.2 Å². The first-order valence-corrected chi connectivity index (χ1v) is 10.6. The van der Waals surface area contributed by atoms with Gasteiger partial charge in [0.05, 0.1) is 17.6 Å². The molecule has 136 valence electrons. The monoisotopic (exact) mass is 386 g/mol. The van der Waals surface area contributed by atoms with Gasteiger partial charge >= 0.3 is 0 Å². The van der Waals surface area contributed by atoms with Crippen molar-refractivity contribution < 1.29 is 4.74 Å². The number of hydrogen-bond donors (Lipinski definition) is 0. The molecule has 4 rings (SSSR count). The van der Waals surface area contributed by atoms with E-state index in [1.807, 2.05) is 29.7 Å². The molecule has 0 fully saturated rings. The molecule has 0 N–H and O–H groups in total. The van der Waals surface area contributed by atoms with E-state index in [4.69, 9.17) is 9.72 Å². The lowest BCUT2D eigenvalue weighted by Gasteiger charge is -2.29. The van der Waals surface area contributed by atoms with Gasteiger partial charge in [-0.15, -0.1) is 11.3 Å². The van der Waals surface area contributed by atoms with Crippen LogP contribution < -0.4 is 5.56 Å². The first-order chi connectivity index (χ1) is 12.5. The van der Waals surface area contributed by atoms with Crippen LogP contribution in [0.5, 0.6) is 0 Å². The summed E-state index contributed by atoms with van der Waals surface area (Å²) >= 11 is 3.23. The molecule has 1 aliphatic heterocycles. The Hall–Kier alpha value is -1.63. The zero-order valence-electron chi connectivity index (χ0n) is 15.2. The number of thiophene rings is 1. The molecule has 3 heterocycles. The molecule has 0 spiro atoms. The zero-order chi connectivity index (χ0) is 18.3. The van der Waals surface area contributed by atoms with E-state index in [0.717, 1.165) is 38.0 Å². The molecule has 3 aromatic rings. The van der Waals surface area contributed by atoms with Crippen LogP contribution in [0.4, 0.5) is 0 Å². The summed E-state index contributed by atoms with van der Waals surface area (Å²) in [5.74, 6) is 0.806. The maximum absolute atomic E-state index is 13.2. The number of aromatic nitrogens is 2. The van der Waals surface area contributed by atoms with Crippen LogP contribution in [-0.2, 0) is 30.1 Å². The standard InChI is InChI=1S/C20H22N2O2S2/c1-4-22-18(23)16-14-10-20(2,3)24-11-15(14)26-17(16)21-19(22)25-12-13-8-6-5-7-9-13/h5-9H,4,10-12H2,1-3H3. The van der Waals surface area contributed by atoms with E-state index in [9.17, 15) is 4.79 Å². The minimum absolute atomic E-state index is 0.0864. The van der Waals surface area contributed by atoms with Crippen molar-refractivity contribution in [3.8, 4) is 0 Å². The molecule has 0 amide bonds. The van der Waals surface area contributed by atoms with Crippen LogP contribution in [0.3, 0.4) is 0 Å². The molecule has 0 bridgehead atoms. The molecule has 0 atom stereocenters. The third-order valence-corrected chi connectivity index (χ3v) is 6.83. The van der Waals surface area contributed by atoms with Crippen molar-refractivity contribution in [3.63, 3.8) is 0 Å². The van der Waals surface area contributed by atoms with Gasteiger partial charge < -0.3 is 4.74 Å². The van der Waals surface area contributed by atoms with Crippen molar-refractivity contribution in [2.24, 2.45) is 0 Å². The van der Waals surface area contributed by atoms with Crippen LogP contribution in [0.1, 0.15) is 36.8 Å². The Morgan fingerprint density at radius 3 is 2.81 bits per heavy atom. The summed E-state index contributed by atoms with van der Waals surface area (Å²) in [5.41, 5.74) is 2.23. The number of hydrogen-bond acceptors (Lipinski definition) is 5. The molecule has 0 unspecified atom stereocenters. The highest BCUT2D eigenvalue weighted by Gasteiger charge is 2.31. The van der Waals surface area contributed by atoms with E-state index in [1.54, 1.807) is 23.1 Å². The summed E-state index contributed by atoms with van der Waals surface area (Å²) in [4.78, 5) is 20.1. The minimum atomic E-state index is -0.231. The number of thioether (sulfide) groups is 1. The summed E-state index contributed by atoms with van der Waals surface area (Å²) in [6.45, 7) is 7.36. The third kappa shape index (κ3) is 3.21. The second kappa shape index (κ2) is 6.83. The van der Waals surface area contributed by atoms with Crippen molar-refractivity contribution in [1.82, 2.24) is 9.55 Å². The average Bonchev–Trinajstić information content (AvgIpc) is 2.97. The second-order valence-electron chi connectivity index (χ2n) is 7.13. The van der Waals surface area contributed by atoms with Crippen molar-refractivity contribution in [1.29, 1.82) is 0 Å². The van der Waals surface area contributed by atoms with Crippen LogP contribution >= 0.6 is 23.1 Å². The van der Waals surface area contributed by atoms with E-state index >= 15 is 0 Å². The molecule has 1 aliphatic rings. The van der Waals surface area contributed by atoms with Gasteiger partial charge in [0.25, 0.3) is 5.56 Å². The predicted molar refractivity (Wildman–Crippen MR) is 108 cm³/mol. The van der Waals surface area contributed by atoms with Gasteiger partial charge in [0.2, 0.25) is 0 Å². The Morgan fingerprint density at radius 1 is 1.31 bits per heavy atom. The number of ether oxygens (including phenoxy) is 1. The molecular formula is C20H22N2O2S2. The quantitative estimate of drug-likeness (QED) is 0.485. The highest BCUT2D eigenvalue weighted by molar-refractivity contribution is 7.98. The van der Waals surface area contributed by atoms with Crippen molar-refractivity contribution in [2.45, 2.75) is 56.9 Å². The van der Waals surface area contributed by atoms with E-state index in [0.29, 0.717) is 13.2 Å². The average molecular weight is 387 g/mol. The SMILES string of the molecule is CCn1c(SCc2ccccc2)nc2sc3c(c2c1=O)CC(C)(C)OC3. The Morgan fingerprint density at radius 2 is 2.08 bits per heavy atom. The Balaban J connectivity index is 1.77. The van der Waals surface area contributed by atoms with E-state index in [1.165, 1.54) is 5.56 Å². The molecule has 6 heteroatoms. The lowest BCUT2D eigenvalue weighted by atomic mass is 9.94. The molecule has 4 nitrogen and oxygen atoms in total. The Bertz CT molecular complexity index is 1010. The zero-order valence-corrected chi connectivity index (χ0v) is 16.9. The number of rotatable bonds is 4. The molecule has 2 aromatic heterocycles. The highest BCUT2D eigenvalue weighted by Crippen LogP contribution is 2.37. The summed E-state index contributed by atoms with van der Waals surface area (Å²) < 4.78 is 7.73. The summed E-state index contributed by atoms with van der Waals surface area (Å²) in [6.07, 6.45) is 0.763. The first kappa shape index (κ1) is 17.8. The predicted octanol–water partition coefficient (Wildman–Crippen LogP) is 4.62. The fraction of sp³-hybridized carbons (Fsp3) is 0.400. The van der Waals surface area contributed by atoms with Crippen molar-refractivity contribution in [3.05, 3.63) is 56.7 Å². The van der Waals surface area contributed by atoms with Gasteiger partial charge in [0, 0.05) is 23.6 Å². The van der Waals surface area contributed by atoms with E-state index in [2.05, 4.69) is 26.0 Å². The molecule has 0 saturated carbocycles. The van der Waals surface area contributed by atoms with Gasteiger partial charge in [-0.05, 0) is 31.9 Å². The molecule has 26 heavy (non-hydrogen) atoms. The number of nitrogens with zero attached hydrogens (tertiary/aromatic N) is 2. The van der Waals surface area contributed by atoms with E-state index in [-0.39, 0.29) is 11.2 Å². The second-order valence-corrected chi connectivity index (χ2v) is 9.15. The normalized spacial score (nSPS) is 16.0. The molecule has 0 radical (unpaired) electrons. The number of benzene rings is 1. The van der Waals surface area contributed by atoms with Gasteiger partial charge in [0.15, 0.2) is 5.16 Å². The van der Waals surface area contributed by atoms with E-state index < -0.39 is 0 Å². The maximum atomic E-state index is 13.2. The largest absolute Gasteiger partial charge is 0.370 e. The first-order valence-electron chi connectivity index (χ1n) is 8.84. The lowest BCUT2D eigenvalue weighted by Crippen LogP contribution is -2.32. The van der Waals surface area contributed by atoms with Gasteiger partial charge in [-0.2, -0.15) is 0 Å². The summed E-state index contributed by atoms with van der Waals surface area (Å²) in [6, 6.07) is 10.3. The highest BCUT2D eigenvalue weighted by atomic mass is 32.2. The van der Waals surface area contributed by atoms with Gasteiger partial charge in [-0.1, -0.05) is 42.1 Å². The topological polar surface area (TPSA) is 44.1 Å². The molecule has 0 saturated heterocycles. The van der Waals surface area contributed by atoms with Crippen LogP contribution in [0.15, 0.2) is 40.3 Å². The minimum Gasteiger partial charge on any atom is -0.370 e. The van der Waals surface area contributed by atoms with Crippen LogP contribution in [-0.4, -0.2) is 15.2 Å². The lowest BCUT2D eigenvalue weighted by molar-refractivity contribution is -0.0379. The van der Waals surface area contributed by atoms with Crippen LogP contribution in [0, 0.1) is 0 Å². The smallest absolute Gasteiger partial charge is 0.263 e. The fourth-order valence-electron chi connectivity index (χ4n) is 3.32. The maximum Gasteiger partial charge on any atom is 0.263 e. The van der Waals surface area contributed by atoms with Gasteiger partial charge in [0.1, 0.15) is 4.83 Å². The molecule has 0 aliphatic carbocycles. The van der Waals surface area contributed by atoms with Gasteiger partial charge in [-0.3, -0.25) is 9.36 Å². The number of fused-ring (bicyclic) bond motifs is 3. The Kier molecular flexibility index (Phi) is 4.67. The van der Waals surface area contributed by atoms with Crippen molar-refractivity contribution in [2.75, 3.05) is 0 Å². The third-order valence-electron chi connectivity index (χ3n) is 4.68. The van der Waals surface area contributed by atoms with Gasteiger partial charge in [-0.25, -0.2) is 4.98 Å². The molecular weight excluding hydrogens is 364 g/mol. The summed E-state index contributed by atoms with van der Waals surface area (Å²) in [5, 5.41) is 1.60. The van der Waals surface area contributed by atoms with Crippen LogP contribution in [0.2, 0.25) is 0 Å². The Labute approximate surface area is 161 Å². The van der Waals surface area contributed by atoms with Crippen molar-refractivity contribution >= 4 is 33.3 Å².